The molecule has 1 amide bonds. The summed E-state index contributed by atoms with van der Waals surface area (Å²) in [7, 11) is 2.92. The molecule has 1 atom stereocenters. The smallest absolute Gasteiger partial charge is 0.422 e. The van der Waals surface area contributed by atoms with Crippen LogP contribution in [0.4, 0.5) is 18.9 Å². The van der Waals surface area contributed by atoms with E-state index in [4.69, 9.17) is 5.11 Å². The first kappa shape index (κ1) is 16.7. The summed E-state index contributed by atoms with van der Waals surface area (Å²) in [6, 6.07) is 2.22. The molecule has 116 valence electrons. The number of halogens is 3. The lowest BCUT2D eigenvalue weighted by Gasteiger charge is -2.29. The van der Waals surface area contributed by atoms with E-state index in [1.807, 2.05) is 5.32 Å². The Labute approximate surface area is 118 Å². The standard InChI is InChI=1S/C12H14F3N3O3/c1-11(10(20)21,12(13,14)15)17-7-4-5-16-8(6-7)9(19)18(2)3/h4-6H,1-3H3,(H,16,17)(H,20,21). The number of anilines is 1. The van der Waals surface area contributed by atoms with Crippen LogP contribution in [0.15, 0.2) is 18.3 Å². The van der Waals surface area contributed by atoms with Crippen LogP contribution in [0.25, 0.3) is 0 Å². The zero-order valence-corrected chi connectivity index (χ0v) is 11.5. The summed E-state index contributed by atoms with van der Waals surface area (Å²) in [5, 5.41) is 10.7. The Morgan fingerprint density at radius 1 is 1.33 bits per heavy atom. The van der Waals surface area contributed by atoms with Crippen molar-refractivity contribution in [3.8, 4) is 0 Å². The number of carboxylic acids is 1. The van der Waals surface area contributed by atoms with Crippen molar-refractivity contribution in [1.29, 1.82) is 0 Å². The third kappa shape index (κ3) is 3.41. The van der Waals surface area contributed by atoms with E-state index in [9.17, 15) is 22.8 Å². The highest BCUT2D eigenvalue weighted by Crippen LogP contribution is 2.33. The molecule has 0 spiro atoms. The average Bonchev–Trinajstić information content (AvgIpc) is 2.36. The number of rotatable bonds is 4. The maximum atomic E-state index is 12.9. The zero-order valence-electron chi connectivity index (χ0n) is 11.5. The molecule has 2 N–H and O–H groups in total. The molecule has 0 aliphatic rings. The van der Waals surface area contributed by atoms with Crippen LogP contribution in [0, 0.1) is 0 Å². The fourth-order valence-electron chi connectivity index (χ4n) is 1.39. The lowest BCUT2D eigenvalue weighted by Crippen LogP contribution is -2.55. The molecule has 9 heteroatoms. The summed E-state index contributed by atoms with van der Waals surface area (Å²) < 4.78 is 38.7. The van der Waals surface area contributed by atoms with Crippen LogP contribution in [0.1, 0.15) is 17.4 Å². The van der Waals surface area contributed by atoms with Crippen molar-refractivity contribution in [1.82, 2.24) is 9.88 Å². The van der Waals surface area contributed by atoms with Crippen molar-refractivity contribution in [2.45, 2.75) is 18.6 Å². The van der Waals surface area contributed by atoms with E-state index in [0.717, 1.165) is 18.3 Å². The Morgan fingerprint density at radius 2 is 1.90 bits per heavy atom. The Kier molecular flexibility index (Phi) is 4.45. The average molecular weight is 305 g/mol. The first-order chi connectivity index (χ1) is 9.49. The summed E-state index contributed by atoms with van der Waals surface area (Å²) in [6.07, 6.45) is -3.90. The summed E-state index contributed by atoms with van der Waals surface area (Å²) >= 11 is 0. The summed E-state index contributed by atoms with van der Waals surface area (Å²) in [6.45, 7) is 0.503. The van der Waals surface area contributed by atoms with Crippen LogP contribution in [0.3, 0.4) is 0 Å². The molecule has 0 bridgehead atoms. The number of hydrogen-bond donors (Lipinski definition) is 2. The van der Waals surface area contributed by atoms with Crippen molar-refractivity contribution in [2.75, 3.05) is 19.4 Å². The lowest BCUT2D eigenvalue weighted by atomic mass is 10.0. The van der Waals surface area contributed by atoms with Gasteiger partial charge in [-0.2, -0.15) is 13.2 Å². The molecule has 0 fully saturated rings. The van der Waals surface area contributed by atoms with E-state index < -0.39 is 23.6 Å². The van der Waals surface area contributed by atoms with Gasteiger partial charge in [0, 0.05) is 26.0 Å². The first-order valence-corrected chi connectivity index (χ1v) is 5.75. The third-order valence-electron chi connectivity index (χ3n) is 2.77. The van der Waals surface area contributed by atoms with Gasteiger partial charge in [0.15, 0.2) is 0 Å². The van der Waals surface area contributed by atoms with Crippen LogP contribution >= 0.6 is 0 Å². The topological polar surface area (TPSA) is 82.5 Å². The molecule has 1 unspecified atom stereocenters. The lowest BCUT2D eigenvalue weighted by molar-refractivity contribution is -0.192. The number of aliphatic carboxylic acids is 1. The van der Waals surface area contributed by atoms with E-state index in [-0.39, 0.29) is 11.4 Å². The van der Waals surface area contributed by atoms with E-state index in [1.165, 1.54) is 19.0 Å². The van der Waals surface area contributed by atoms with E-state index >= 15 is 0 Å². The fourth-order valence-corrected chi connectivity index (χ4v) is 1.39. The van der Waals surface area contributed by atoms with Gasteiger partial charge in [0.2, 0.25) is 5.54 Å². The minimum absolute atomic E-state index is 0.0973. The van der Waals surface area contributed by atoms with Crippen LogP contribution < -0.4 is 5.32 Å². The quantitative estimate of drug-likeness (QED) is 0.883. The van der Waals surface area contributed by atoms with Gasteiger partial charge in [-0.15, -0.1) is 0 Å². The molecule has 0 aliphatic heterocycles. The number of carbonyl (C=O) groups is 2. The molecule has 1 aromatic rings. The van der Waals surface area contributed by atoms with Crippen molar-refractivity contribution in [2.24, 2.45) is 0 Å². The van der Waals surface area contributed by atoms with Gasteiger partial charge in [-0.1, -0.05) is 0 Å². The monoisotopic (exact) mass is 305 g/mol. The molecule has 1 rings (SSSR count). The van der Waals surface area contributed by atoms with Gasteiger partial charge in [0.1, 0.15) is 5.69 Å². The molecule has 0 saturated carbocycles. The van der Waals surface area contributed by atoms with E-state index in [1.54, 1.807) is 0 Å². The number of alkyl halides is 3. The minimum Gasteiger partial charge on any atom is -0.479 e. The summed E-state index contributed by atoms with van der Waals surface area (Å²) in [4.78, 5) is 27.6. The number of aromatic nitrogens is 1. The van der Waals surface area contributed by atoms with E-state index in [0.29, 0.717) is 6.92 Å². The van der Waals surface area contributed by atoms with Gasteiger partial charge in [0.05, 0.1) is 0 Å². The van der Waals surface area contributed by atoms with Gasteiger partial charge < -0.3 is 15.3 Å². The summed E-state index contributed by atoms with van der Waals surface area (Å²) in [5.41, 5.74) is -3.44. The molecular formula is C12H14F3N3O3. The number of amides is 1. The maximum absolute atomic E-state index is 12.9. The SMILES string of the molecule is CN(C)C(=O)c1cc(NC(C)(C(=O)O)C(F)(F)F)ccn1. The zero-order chi connectivity index (χ0) is 16.4. The maximum Gasteiger partial charge on any atom is 0.422 e. The number of nitrogens with zero attached hydrogens (tertiary/aromatic N) is 2. The number of pyridine rings is 1. The second-order valence-corrected chi connectivity index (χ2v) is 4.68. The minimum atomic E-state index is -5.02. The van der Waals surface area contributed by atoms with Crippen LogP contribution in [0.5, 0.6) is 0 Å². The molecule has 0 radical (unpaired) electrons. The predicted molar refractivity (Wildman–Crippen MR) is 68.0 cm³/mol. The third-order valence-corrected chi connectivity index (χ3v) is 2.77. The number of carboxylic acid groups (broad SMARTS) is 1. The highest BCUT2D eigenvalue weighted by atomic mass is 19.4. The Hall–Kier alpha value is -2.32. The largest absolute Gasteiger partial charge is 0.479 e. The molecule has 0 saturated heterocycles. The van der Waals surface area contributed by atoms with Crippen molar-refractivity contribution in [3.63, 3.8) is 0 Å². The molecule has 0 aromatic carbocycles. The van der Waals surface area contributed by atoms with Crippen LogP contribution in [-0.2, 0) is 4.79 Å². The Balaban J connectivity index is 3.15. The predicted octanol–water partition coefficient (Wildman–Crippen LogP) is 1.60. The van der Waals surface area contributed by atoms with E-state index in [2.05, 4.69) is 4.98 Å². The van der Waals surface area contributed by atoms with Gasteiger partial charge in [-0.3, -0.25) is 9.78 Å². The van der Waals surface area contributed by atoms with Gasteiger partial charge >= 0.3 is 12.1 Å². The normalized spacial score (nSPS) is 14.2. The molecule has 21 heavy (non-hydrogen) atoms. The number of nitrogens with one attached hydrogen (secondary N) is 1. The second-order valence-electron chi connectivity index (χ2n) is 4.68. The van der Waals surface area contributed by atoms with Crippen molar-refractivity contribution >= 4 is 17.6 Å². The van der Waals surface area contributed by atoms with Gasteiger partial charge in [0.25, 0.3) is 5.91 Å². The van der Waals surface area contributed by atoms with Crippen LogP contribution in [-0.4, -0.2) is 52.7 Å². The molecule has 1 aromatic heterocycles. The Morgan fingerprint density at radius 3 is 2.33 bits per heavy atom. The van der Waals surface area contributed by atoms with Gasteiger partial charge in [-0.05, 0) is 19.1 Å². The fraction of sp³-hybridized carbons (Fsp3) is 0.417. The number of hydrogen-bond acceptors (Lipinski definition) is 4. The summed E-state index contributed by atoms with van der Waals surface area (Å²) in [5.74, 6) is -2.59. The van der Waals surface area contributed by atoms with Crippen LogP contribution in [0.2, 0.25) is 0 Å². The molecule has 1 heterocycles. The highest BCUT2D eigenvalue weighted by molar-refractivity contribution is 5.93. The van der Waals surface area contributed by atoms with Crippen molar-refractivity contribution in [3.05, 3.63) is 24.0 Å². The molecule has 0 aliphatic carbocycles. The number of carbonyl (C=O) groups excluding carboxylic acids is 1. The first-order valence-electron chi connectivity index (χ1n) is 5.75. The highest BCUT2D eigenvalue weighted by Gasteiger charge is 2.57. The molecular weight excluding hydrogens is 291 g/mol. The van der Waals surface area contributed by atoms with Gasteiger partial charge in [-0.25, -0.2) is 4.79 Å². The Bertz CT molecular complexity index is 560. The molecule has 6 nitrogen and oxygen atoms in total. The van der Waals surface area contributed by atoms with Crippen molar-refractivity contribution < 1.29 is 27.9 Å². The second kappa shape index (κ2) is 5.58.